The predicted molar refractivity (Wildman–Crippen MR) is 95.1 cm³/mol. The zero-order valence-electron chi connectivity index (χ0n) is 14.7. The first-order valence-corrected chi connectivity index (χ1v) is 8.27. The molecule has 2 aromatic carbocycles. The van der Waals surface area contributed by atoms with E-state index in [4.69, 9.17) is 0 Å². The van der Waals surface area contributed by atoms with Gasteiger partial charge < -0.3 is 4.57 Å². The van der Waals surface area contributed by atoms with E-state index < -0.39 is 17.6 Å². The van der Waals surface area contributed by atoms with E-state index in [1.165, 1.54) is 36.4 Å². The molecule has 3 rings (SSSR count). The number of Topliss-reactive ketones (excluding diaryl/α,β-unsaturated/α-hetero) is 1. The average Bonchev–Trinajstić information content (AvgIpc) is 2.97. The Morgan fingerprint density at radius 1 is 1.07 bits per heavy atom. The molecular weight excluding hydrogens is 372 g/mol. The Morgan fingerprint density at radius 2 is 1.68 bits per heavy atom. The van der Waals surface area contributed by atoms with Crippen LogP contribution < -0.4 is 0 Å². The number of aromatic nitrogens is 1. The summed E-state index contributed by atoms with van der Waals surface area (Å²) < 4.78 is 53.1. The zero-order valence-corrected chi connectivity index (χ0v) is 14.7. The summed E-state index contributed by atoms with van der Waals surface area (Å²) in [5, 5.41) is 9.41. The van der Waals surface area contributed by atoms with Crippen LogP contribution in [0.2, 0.25) is 0 Å². The molecule has 0 fully saturated rings. The minimum absolute atomic E-state index is 0.129. The van der Waals surface area contributed by atoms with Crippen molar-refractivity contribution in [1.29, 1.82) is 5.26 Å². The third-order valence-electron chi connectivity index (χ3n) is 4.38. The fourth-order valence-corrected chi connectivity index (χ4v) is 2.96. The fourth-order valence-electron chi connectivity index (χ4n) is 2.96. The number of ketones is 1. The summed E-state index contributed by atoms with van der Waals surface area (Å²) in [6, 6.07) is 13.1. The van der Waals surface area contributed by atoms with Gasteiger partial charge >= 0.3 is 6.18 Å². The van der Waals surface area contributed by atoms with Crippen LogP contribution in [-0.4, -0.2) is 10.4 Å². The first-order chi connectivity index (χ1) is 13.2. The van der Waals surface area contributed by atoms with E-state index in [1.807, 2.05) is 6.07 Å². The molecule has 3 nitrogen and oxygen atoms in total. The maximum atomic E-state index is 13.1. The molecule has 3 aromatic rings. The van der Waals surface area contributed by atoms with Gasteiger partial charge in [-0.25, -0.2) is 4.39 Å². The lowest BCUT2D eigenvalue weighted by Crippen LogP contribution is -2.13. The average molecular weight is 386 g/mol. The molecule has 7 heteroatoms. The van der Waals surface area contributed by atoms with Gasteiger partial charge in [-0.15, -0.1) is 0 Å². The van der Waals surface area contributed by atoms with Crippen LogP contribution >= 0.6 is 0 Å². The molecule has 0 amide bonds. The topological polar surface area (TPSA) is 45.8 Å². The maximum absolute atomic E-state index is 13.1. The number of halogens is 4. The maximum Gasteiger partial charge on any atom is 0.416 e. The summed E-state index contributed by atoms with van der Waals surface area (Å²) in [6.45, 7) is 1.57. The zero-order chi connectivity index (χ0) is 20.5. The number of carbonyl (C=O) groups is 1. The summed E-state index contributed by atoms with van der Waals surface area (Å²) in [5.41, 5.74) is 1.12. The molecule has 28 heavy (non-hydrogen) atoms. The van der Waals surface area contributed by atoms with Crippen molar-refractivity contribution < 1.29 is 22.4 Å². The molecule has 0 saturated carbocycles. The Hall–Kier alpha value is -3.40. The Bertz CT molecular complexity index is 1060. The first kappa shape index (κ1) is 19.4. The molecular formula is C21H14F4N2O. The van der Waals surface area contributed by atoms with Crippen LogP contribution in [0.4, 0.5) is 17.6 Å². The number of aryl methyl sites for hydroxylation is 1. The lowest BCUT2D eigenvalue weighted by Gasteiger charge is -2.13. The SMILES string of the molecule is Cc1cc(C#N)c(-c2ccc(C(F)(F)F)cc2)n1CC(=O)c1ccc(F)cc1. The number of benzene rings is 2. The van der Waals surface area contributed by atoms with E-state index in [-0.39, 0.29) is 17.9 Å². The molecule has 0 unspecified atom stereocenters. The molecule has 0 spiro atoms. The van der Waals surface area contributed by atoms with Crippen LogP contribution in [0, 0.1) is 24.1 Å². The second kappa shape index (κ2) is 7.31. The molecule has 142 valence electrons. The normalized spacial score (nSPS) is 11.3. The third-order valence-corrected chi connectivity index (χ3v) is 4.38. The van der Waals surface area contributed by atoms with E-state index in [9.17, 15) is 27.6 Å². The van der Waals surface area contributed by atoms with Crippen molar-refractivity contribution in [2.24, 2.45) is 0 Å². The van der Waals surface area contributed by atoms with Crippen LogP contribution in [0.15, 0.2) is 54.6 Å². The second-order valence-electron chi connectivity index (χ2n) is 6.25. The number of nitrogens with zero attached hydrogens (tertiary/aromatic N) is 2. The Morgan fingerprint density at radius 3 is 2.21 bits per heavy atom. The number of nitriles is 1. The lowest BCUT2D eigenvalue weighted by molar-refractivity contribution is -0.137. The van der Waals surface area contributed by atoms with Gasteiger partial charge in [0.15, 0.2) is 5.78 Å². The molecule has 0 radical (unpaired) electrons. The Kier molecular flexibility index (Phi) is 5.06. The quantitative estimate of drug-likeness (QED) is 0.447. The van der Waals surface area contributed by atoms with Gasteiger partial charge in [-0.2, -0.15) is 18.4 Å². The highest BCUT2D eigenvalue weighted by molar-refractivity contribution is 5.96. The number of carbonyl (C=O) groups excluding carboxylic acids is 1. The van der Waals surface area contributed by atoms with Crippen LogP contribution in [0.25, 0.3) is 11.3 Å². The van der Waals surface area contributed by atoms with Gasteiger partial charge in [0.05, 0.1) is 23.4 Å². The molecule has 0 N–H and O–H groups in total. The van der Waals surface area contributed by atoms with Gasteiger partial charge in [0.25, 0.3) is 0 Å². The highest BCUT2D eigenvalue weighted by Crippen LogP contribution is 2.33. The fraction of sp³-hybridized carbons (Fsp3) is 0.143. The van der Waals surface area contributed by atoms with E-state index in [0.717, 1.165) is 12.1 Å². The Balaban J connectivity index is 2.01. The lowest BCUT2D eigenvalue weighted by atomic mass is 10.1. The predicted octanol–water partition coefficient (Wildman–Crippen LogP) is 5.38. The summed E-state index contributed by atoms with van der Waals surface area (Å²) >= 11 is 0. The van der Waals surface area contributed by atoms with Crippen LogP contribution in [0.1, 0.15) is 27.2 Å². The molecule has 0 bridgehead atoms. The van der Waals surface area contributed by atoms with Crippen molar-refractivity contribution in [3.63, 3.8) is 0 Å². The molecule has 0 aliphatic rings. The van der Waals surface area contributed by atoms with Gasteiger partial charge in [-0.1, -0.05) is 12.1 Å². The third kappa shape index (κ3) is 3.81. The summed E-state index contributed by atoms with van der Waals surface area (Å²) in [5.74, 6) is -0.776. The van der Waals surface area contributed by atoms with Crippen molar-refractivity contribution in [2.75, 3.05) is 0 Å². The van der Waals surface area contributed by atoms with Crippen molar-refractivity contribution in [3.05, 3.63) is 82.8 Å². The standard InChI is InChI=1S/C21H14F4N2O/c1-13-10-16(11-26)20(15-2-6-17(7-3-15)21(23,24)25)27(13)12-19(28)14-4-8-18(22)9-5-14/h2-10H,12H2,1H3. The van der Waals surface area contributed by atoms with Crippen molar-refractivity contribution in [1.82, 2.24) is 4.57 Å². The van der Waals surface area contributed by atoms with Gasteiger partial charge in [0.1, 0.15) is 11.9 Å². The van der Waals surface area contributed by atoms with Gasteiger partial charge in [0, 0.05) is 11.3 Å². The van der Waals surface area contributed by atoms with Gasteiger partial charge in [0.2, 0.25) is 0 Å². The highest BCUT2D eigenvalue weighted by atomic mass is 19.4. The second-order valence-corrected chi connectivity index (χ2v) is 6.25. The molecule has 0 saturated heterocycles. The molecule has 1 heterocycles. The minimum Gasteiger partial charge on any atom is -0.336 e. The van der Waals surface area contributed by atoms with Crippen molar-refractivity contribution in [3.8, 4) is 17.3 Å². The van der Waals surface area contributed by atoms with E-state index >= 15 is 0 Å². The molecule has 0 aliphatic heterocycles. The molecule has 0 aliphatic carbocycles. The summed E-state index contributed by atoms with van der Waals surface area (Å²) in [7, 11) is 0. The Labute approximate surface area is 158 Å². The summed E-state index contributed by atoms with van der Waals surface area (Å²) in [4.78, 5) is 12.6. The largest absolute Gasteiger partial charge is 0.416 e. The van der Waals surface area contributed by atoms with Crippen LogP contribution in [0.3, 0.4) is 0 Å². The first-order valence-electron chi connectivity index (χ1n) is 8.27. The highest BCUT2D eigenvalue weighted by Gasteiger charge is 2.30. The van der Waals surface area contributed by atoms with E-state index in [2.05, 4.69) is 0 Å². The molecule has 1 aromatic heterocycles. The van der Waals surface area contributed by atoms with E-state index in [1.54, 1.807) is 17.6 Å². The number of alkyl halides is 3. The van der Waals surface area contributed by atoms with E-state index in [0.29, 0.717) is 22.5 Å². The van der Waals surface area contributed by atoms with Crippen LogP contribution in [0.5, 0.6) is 0 Å². The van der Waals surface area contributed by atoms with Crippen molar-refractivity contribution >= 4 is 5.78 Å². The van der Waals surface area contributed by atoms with Crippen molar-refractivity contribution in [2.45, 2.75) is 19.6 Å². The number of rotatable bonds is 4. The molecule has 0 atom stereocenters. The summed E-state index contributed by atoms with van der Waals surface area (Å²) in [6.07, 6.45) is -4.47. The smallest absolute Gasteiger partial charge is 0.336 e. The van der Waals surface area contributed by atoms with Gasteiger partial charge in [-0.3, -0.25) is 4.79 Å². The number of hydrogen-bond donors (Lipinski definition) is 0. The van der Waals surface area contributed by atoms with Gasteiger partial charge in [-0.05, 0) is 55.0 Å². The number of hydrogen-bond acceptors (Lipinski definition) is 2. The van der Waals surface area contributed by atoms with Crippen LogP contribution in [-0.2, 0) is 12.7 Å². The monoisotopic (exact) mass is 386 g/mol. The minimum atomic E-state index is -4.47.